The lowest BCUT2D eigenvalue weighted by molar-refractivity contribution is -0.117. The number of aromatic nitrogens is 1. The van der Waals surface area contributed by atoms with E-state index in [2.05, 4.69) is 10.3 Å². The summed E-state index contributed by atoms with van der Waals surface area (Å²) in [6.45, 7) is 0.450. The van der Waals surface area contributed by atoms with Gasteiger partial charge < -0.3 is 15.2 Å². The highest BCUT2D eigenvalue weighted by atomic mass is 19.1. The van der Waals surface area contributed by atoms with Crippen molar-refractivity contribution in [2.24, 2.45) is 0 Å². The van der Waals surface area contributed by atoms with Crippen LogP contribution in [0.15, 0.2) is 41.3 Å². The molecule has 2 heterocycles. The molecule has 0 aliphatic carbocycles. The Morgan fingerprint density at radius 2 is 2.09 bits per heavy atom. The Balaban J connectivity index is 1.87. The number of carbonyl (C=O) groups excluding carboxylic acids is 2. The number of anilines is 2. The van der Waals surface area contributed by atoms with Gasteiger partial charge in [0.05, 0.1) is 5.69 Å². The van der Waals surface area contributed by atoms with Crippen molar-refractivity contribution in [3.8, 4) is 0 Å². The van der Waals surface area contributed by atoms with Crippen molar-refractivity contribution < 1.29 is 14.0 Å². The largest absolute Gasteiger partial charge is 0.328 e. The van der Waals surface area contributed by atoms with Gasteiger partial charge in [-0.25, -0.2) is 4.39 Å². The Hall–Kier alpha value is -2.96. The van der Waals surface area contributed by atoms with Gasteiger partial charge in [0.25, 0.3) is 11.5 Å². The van der Waals surface area contributed by atoms with Gasteiger partial charge in [-0.3, -0.25) is 14.4 Å². The Labute approximate surface area is 130 Å². The van der Waals surface area contributed by atoms with E-state index in [0.29, 0.717) is 25.1 Å². The first-order chi connectivity index (χ1) is 11.1. The quantitative estimate of drug-likeness (QED) is 0.907. The number of halogens is 1. The van der Waals surface area contributed by atoms with Gasteiger partial charge in [0.15, 0.2) is 0 Å². The Kier molecular flexibility index (Phi) is 3.92. The lowest BCUT2D eigenvalue weighted by Crippen LogP contribution is -2.25. The van der Waals surface area contributed by atoms with E-state index < -0.39 is 17.3 Å². The molecule has 1 aliphatic rings. The third-order valence-electron chi connectivity index (χ3n) is 3.63. The number of hydrogen-bond donors (Lipinski definition) is 2. The Bertz CT molecular complexity index is 831. The molecule has 0 saturated carbocycles. The topological polar surface area (TPSA) is 82.3 Å². The van der Waals surface area contributed by atoms with Crippen LogP contribution in [0.1, 0.15) is 23.2 Å². The summed E-state index contributed by atoms with van der Waals surface area (Å²) >= 11 is 0. The molecule has 1 saturated heterocycles. The van der Waals surface area contributed by atoms with Crippen molar-refractivity contribution in [1.82, 2.24) is 4.98 Å². The third kappa shape index (κ3) is 2.98. The normalized spacial score (nSPS) is 14.1. The predicted molar refractivity (Wildman–Crippen MR) is 83.0 cm³/mol. The molecule has 0 unspecified atom stereocenters. The molecule has 3 rings (SSSR count). The summed E-state index contributed by atoms with van der Waals surface area (Å²) in [5.41, 5.74) is -0.112. The van der Waals surface area contributed by atoms with Gasteiger partial charge in [-0.05, 0) is 36.8 Å². The maximum absolute atomic E-state index is 14.0. The van der Waals surface area contributed by atoms with Gasteiger partial charge in [0.1, 0.15) is 11.4 Å². The highest BCUT2D eigenvalue weighted by Crippen LogP contribution is 2.27. The molecule has 2 N–H and O–H groups in total. The van der Waals surface area contributed by atoms with Crippen LogP contribution >= 0.6 is 0 Å². The monoisotopic (exact) mass is 315 g/mol. The molecular weight excluding hydrogens is 301 g/mol. The Morgan fingerprint density at radius 3 is 2.78 bits per heavy atom. The van der Waals surface area contributed by atoms with Crippen LogP contribution < -0.4 is 15.8 Å². The molecule has 2 amide bonds. The molecular formula is C16H14FN3O3. The second-order valence-electron chi connectivity index (χ2n) is 5.18. The third-order valence-corrected chi connectivity index (χ3v) is 3.63. The van der Waals surface area contributed by atoms with E-state index in [4.69, 9.17) is 0 Å². The molecule has 1 aliphatic heterocycles. The van der Waals surface area contributed by atoms with E-state index in [9.17, 15) is 18.8 Å². The summed E-state index contributed by atoms with van der Waals surface area (Å²) in [7, 11) is 0. The van der Waals surface area contributed by atoms with Crippen LogP contribution in [0, 0.1) is 5.82 Å². The van der Waals surface area contributed by atoms with Gasteiger partial charge >= 0.3 is 0 Å². The van der Waals surface area contributed by atoms with Gasteiger partial charge in [0, 0.05) is 24.8 Å². The number of aromatic amines is 1. The number of nitrogens with zero attached hydrogens (tertiary/aromatic N) is 1. The van der Waals surface area contributed by atoms with E-state index in [-0.39, 0.29) is 17.2 Å². The highest BCUT2D eigenvalue weighted by molar-refractivity contribution is 6.04. The summed E-state index contributed by atoms with van der Waals surface area (Å²) in [5, 5.41) is 2.54. The average Bonchev–Trinajstić information content (AvgIpc) is 2.95. The van der Waals surface area contributed by atoms with Gasteiger partial charge in [0.2, 0.25) is 5.91 Å². The molecule has 2 aromatic rings. The van der Waals surface area contributed by atoms with Crippen LogP contribution in [-0.4, -0.2) is 23.3 Å². The zero-order valence-electron chi connectivity index (χ0n) is 12.1. The SMILES string of the molecule is O=C(Nc1ccc(F)c(N2CCCC2=O)c1)c1ccc[nH]c1=O. The first kappa shape index (κ1) is 15.0. The van der Waals surface area contributed by atoms with Crippen LogP contribution in [0.25, 0.3) is 0 Å². The number of amides is 2. The number of pyridine rings is 1. The van der Waals surface area contributed by atoms with E-state index in [0.717, 1.165) is 0 Å². The number of nitrogens with one attached hydrogen (secondary N) is 2. The number of H-pyrrole nitrogens is 1. The summed E-state index contributed by atoms with van der Waals surface area (Å²) in [6.07, 6.45) is 2.48. The molecule has 0 bridgehead atoms. The molecule has 1 aromatic heterocycles. The fourth-order valence-electron chi connectivity index (χ4n) is 2.50. The number of rotatable bonds is 3. The molecule has 118 valence electrons. The van der Waals surface area contributed by atoms with Crippen molar-refractivity contribution in [2.75, 3.05) is 16.8 Å². The highest BCUT2D eigenvalue weighted by Gasteiger charge is 2.24. The standard InChI is InChI=1S/C16H14FN3O3/c17-12-6-5-10(9-13(12)20-8-2-4-14(20)21)19-16(23)11-3-1-7-18-15(11)22/h1,3,5-7,9H,2,4,8H2,(H,18,22)(H,19,23). The van der Waals surface area contributed by atoms with Crippen LogP contribution in [0.3, 0.4) is 0 Å². The van der Waals surface area contributed by atoms with Gasteiger partial charge in [-0.2, -0.15) is 0 Å². The van der Waals surface area contributed by atoms with Crippen LogP contribution in [-0.2, 0) is 4.79 Å². The molecule has 1 aromatic carbocycles. The number of carbonyl (C=O) groups is 2. The fraction of sp³-hybridized carbons (Fsp3) is 0.188. The molecule has 1 fully saturated rings. The second kappa shape index (κ2) is 6.04. The summed E-state index contributed by atoms with van der Waals surface area (Å²) < 4.78 is 14.0. The van der Waals surface area contributed by atoms with Crippen molar-refractivity contribution in [2.45, 2.75) is 12.8 Å². The zero-order valence-corrected chi connectivity index (χ0v) is 12.1. The van der Waals surface area contributed by atoms with Gasteiger partial charge in [-0.15, -0.1) is 0 Å². The lowest BCUT2D eigenvalue weighted by Gasteiger charge is -2.17. The average molecular weight is 315 g/mol. The minimum atomic E-state index is -0.600. The van der Waals surface area contributed by atoms with E-state index in [1.165, 1.54) is 41.4 Å². The summed E-state index contributed by atoms with van der Waals surface area (Å²) in [5.74, 6) is -1.28. The van der Waals surface area contributed by atoms with Crippen LogP contribution in [0.5, 0.6) is 0 Å². The molecule has 6 nitrogen and oxygen atoms in total. The first-order valence-electron chi connectivity index (χ1n) is 7.15. The summed E-state index contributed by atoms with van der Waals surface area (Å²) in [6, 6.07) is 6.89. The maximum atomic E-state index is 14.0. The van der Waals surface area contributed by atoms with Crippen molar-refractivity contribution in [3.63, 3.8) is 0 Å². The number of hydrogen-bond acceptors (Lipinski definition) is 3. The molecule has 23 heavy (non-hydrogen) atoms. The van der Waals surface area contributed by atoms with Crippen LogP contribution in [0.2, 0.25) is 0 Å². The van der Waals surface area contributed by atoms with E-state index in [1.54, 1.807) is 0 Å². The van der Waals surface area contributed by atoms with Gasteiger partial charge in [-0.1, -0.05) is 0 Å². The minimum absolute atomic E-state index is 0.0457. The molecule has 0 atom stereocenters. The lowest BCUT2D eigenvalue weighted by atomic mass is 10.2. The zero-order chi connectivity index (χ0) is 16.4. The fourth-order valence-corrected chi connectivity index (χ4v) is 2.50. The van der Waals surface area contributed by atoms with Crippen molar-refractivity contribution in [3.05, 3.63) is 58.3 Å². The molecule has 0 spiro atoms. The molecule has 0 radical (unpaired) electrons. The van der Waals surface area contributed by atoms with E-state index >= 15 is 0 Å². The summed E-state index contributed by atoms with van der Waals surface area (Å²) in [4.78, 5) is 39.2. The predicted octanol–water partition coefficient (Wildman–Crippen LogP) is 1.89. The van der Waals surface area contributed by atoms with Crippen molar-refractivity contribution in [1.29, 1.82) is 0 Å². The van der Waals surface area contributed by atoms with E-state index in [1.807, 2.05) is 0 Å². The first-order valence-corrected chi connectivity index (χ1v) is 7.15. The number of benzene rings is 1. The van der Waals surface area contributed by atoms with Crippen LogP contribution in [0.4, 0.5) is 15.8 Å². The molecule has 7 heteroatoms. The second-order valence-corrected chi connectivity index (χ2v) is 5.18. The Morgan fingerprint density at radius 1 is 1.26 bits per heavy atom. The minimum Gasteiger partial charge on any atom is -0.328 e. The van der Waals surface area contributed by atoms with Crippen molar-refractivity contribution >= 4 is 23.2 Å². The maximum Gasteiger partial charge on any atom is 0.261 e. The smallest absolute Gasteiger partial charge is 0.261 e.